The number of anilines is 1. The summed E-state index contributed by atoms with van der Waals surface area (Å²) in [5, 5.41) is 0. The molecule has 2 fully saturated rings. The van der Waals surface area contributed by atoms with Crippen LogP contribution < -0.4 is 4.90 Å². The number of pyridine rings is 1. The van der Waals surface area contributed by atoms with Crippen molar-refractivity contribution in [2.24, 2.45) is 0 Å². The Morgan fingerprint density at radius 2 is 1.96 bits per heavy atom. The molecule has 0 unspecified atom stereocenters. The standard InChI is InChI=1S/C20H32N4O/c1-5-23(15(2)3)19-11-10-16(14-21-19)20(25)24-13-7-9-18(24)17-8-6-12-22(17)4/h10-11,14-15,17-18H,5-9,12-13H2,1-4H3/t17-,18+/m1/s1. The van der Waals surface area contributed by atoms with Gasteiger partial charge in [0.15, 0.2) is 0 Å². The van der Waals surface area contributed by atoms with Gasteiger partial charge in [-0.25, -0.2) is 4.98 Å². The number of nitrogens with zero attached hydrogens (tertiary/aromatic N) is 4. The van der Waals surface area contributed by atoms with Gasteiger partial charge in [-0.05, 0) is 72.2 Å². The second kappa shape index (κ2) is 7.73. The number of hydrogen-bond donors (Lipinski definition) is 0. The number of hydrogen-bond acceptors (Lipinski definition) is 4. The van der Waals surface area contributed by atoms with Crippen molar-refractivity contribution in [3.05, 3.63) is 23.9 Å². The highest BCUT2D eigenvalue weighted by Crippen LogP contribution is 2.30. The Bertz CT molecular complexity index is 586. The lowest BCUT2D eigenvalue weighted by atomic mass is 10.0. The number of rotatable bonds is 5. The van der Waals surface area contributed by atoms with Gasteiger partial charge < -0.3 is 14.7 Å². The van der Waals surface area contributed by atoms with Gasteiger partial charge in [-0.1, -0.05) is 0 Å². The fraction of sp³-hybridized carbons (Fsp3) is 0.700. The number of carbonyl (C=O) groups is 1. The molecule has 1 amide bonds. The van der Waals surface area contributed by atoms with Crippen LogP contribution in [0.25, 0.3) is 0 Å². The SMILES string of the molecule is CCN(c1ccc(C(=O)N2CCC[C@H]2[C@H]2CCCN2C)cn1)C(C)C. The van der Waals surface area contributed by atoms with Crippen LogP contribution in [0.15, 0.2) is 18.3 Å². The van der Waals surface area contributed by atoms with Crippen LogP contribution in [0, 0.1) is 0 Å². The third-order valence-corrected chi connectivity index (χ3v) is 5.83. The molecular formula is C20H32N4O. The fourth-order valence-corrected chi connectivity index (χ4v) is 4.51. The highest BCUT2D eigenvalue weighted by Gasteiger charge is 2.38. The highest BCUT2D eigenvalue weighted by molar-refractivity contribution is 5.94. The number of carbonyl (C=O) groups excluding carboxylic acids is 1. The molecule has 0 spiro atoms. The summed E-state index contributed by atoms with van der Waals surface area (Å²) in [4.78, 5) is 24.4. The van der Waals surface area contributed by atoms with E-state index in [0.29, 0.717) is 18.1 Å². The van der Waals surface area contributed by atoms with Gasteiger partial charge in [0.25, 0.3) is 5.91 Å². The van der Waals surface area contributed by atoms with E-state index in [1.165, 1.54) is 12.8 Å². The zero-order chi connectivity index (χ0) is 18.0. The molecule has 0 bridgehead atoms. The lowest BCUT2D eigenvalue weighted by Gasteiger charge is -2.33. The second-order valence-corrected chi connectivity index (χ2v) is 7.68. The molecule has 1 aromatic rings. The van der Waals surface area contributed by atoms with Gasteiger partial charge in [0.1, 0.15) is 5.82 Å². The summed E-state index contributed by atoms with van der Waals surface area (Å²) in [6, 6.07) is 5.23. The van der Waals surface area contributed by atoms with Crippen LogP contribution in [0.5, 0.6) is 0 Å². The number of aromatic nitrogens is 1. The molecule has 0 saturated carbocycles. The van der Waals surface area contributed by atoms with E-state index in [1.807, 2.05) is 12.1 Å². The van der Waals surface area contributed by atoms with Gasteiger partial charge in [-0.2, -0.15) is 0 Å². The molecule has 2 aliphatic rings. The largest absolute Gasteiger partial charge is 0.354 e. The Morgan fingerprint density at radius 3 is 2.52 bits per heavy atom. The van der Waals surface area contributed by atoms with Crippen LogP contribution >= 0.6 is 0 Å². The molecule has 25 heavy (non-hydrogen) atoms. The van der Waals surface area contributed by atoms with Crippen molar-refractivity contribution in [2.45, 2.75) is 64.6 Å². The van der Waals surface area contributed by atoms with Crippen LogP contribution in [0.4, 0.5) is 5.82 Å². The van der Waals surface area contributed by atoms with Gasteiger partial charge in [0.2, 0.25) is 0 Å². The predicted molar refractivity (Wildman–Crippen MR) is 102 cm³/mol. The average Bonchev–Trinajstić information content (AvgIpc) is 3.23. The van der Waals surface area contributed by atoms with E-state index in [1.54, 1.807) is 6.20 Å². The third-order valence-electron chi connectivity index (χ3n) is 5.83. The van der Waals surface area contributed by atoms with E-state index in [9.17, 15) is 4.79 Å². The Balaban J connectivity index is 1.74. The summed E-state index contributed by atoms with van der Waals surface area (Å²) < 4.78 is 0. The Morgan fingerprint density at radius 1 is 1.24 bits per heavy atom. The van der Waals surface area contributed by atoms with Crippen LogP contribution in [-0.4, -0.2) is 65.5 Å². The van der Waals surface area contributed by atoms with Gasteiger partial charge in [-0.3, -0.25) is 4.79 Å². The summed E-state index contributed by atoms with van der Waals surface area (Å²) in [7, 11) is 2.19. The van der Waals surface area contributed by atoms with Crippen molar-refractivity contribution >= 4 is 11.7 Å². The molecule has 1 aromatic heterocycles. The van der Waals surface area contributed by atoms with Crippen molar-refractivity contribution in [2.75, 3.05) is 31.6 Å². The minimum Gasteiger partial charge on any atom is -0.354 e. The van der Waals surface area contributed by atoms with E-state index in [-0.39, 0.29) is 5.91 Å². The average molecular weight is 345 g/mol. The van der Waals surface area contributed by atoms with Crippen molar-refractivity contribution < 1.29 is 4.79 Å². The third kappa shape index (κ3) is 3.66. The summed E-state index contributed by atoms with van der Waals surface area (Å²) in [5.41, 5.74) is 0.719. The van der Waals surface area contributed by atoms with Gasteiger partial charge >= 0.3 is 0 Å². The van der Waals surface area contributed by atoms with E-state index >= 15 is 0 Å². The first-order valence-corrected chi connectivity index (χ1v) is 9.76. The summed E-state index contributed by atoms with van der Waals surface area (Å²) >= 11 is 0. The first kappa shape index (κ1) is 18.2. The van der Waals surface area contributed by atoms with Crippen molar-refractivity contribution in [1.29, 1.82) is 0 Å². The minimum absolute atomic E-state index is 0.148. The minimum atomic E-state index is 0.148. The molecule has 2 aliphatic heterocycles. The van der Waals surface area contributed by atoms with E-state index in [0.717, 1.165) is 43.9 Å². The number of likely N-dealkylation sites (N-methyl/N-ethyl adjacent to an activating group) is 1. The van der Waals surface area contributed by atoms with Crippen LogP contribution in [0.1, 0.15) is 56.8 Å². The smallest absolute Gasteiger partial charge is 0.255 e. The molecular weight excluding hydrogens is 312 g/mol. The van der Waals surface area contributed by atoms with E-state index in [4.69, 9.17) is 0 Å². The molecule has 0 N–H and O–H groups in total. The summed E-state index contributed by atoms with van der Waals surface area (Å²) in [6.45, 7) is 9.41. The van der Waals surface area contributed by atoms with Crippen LogP contribution in [-0.2, 0) is 0 Å². The second-order valence-electron chi connectivity index (χ2n) is 7.68. The topological polar surface area (TPSA) is 39.7 Å². The Hall–Kier alpha value is -1.62. The maximum atomic E-state index is 13.1. The molecule has 2 saturated heterocycles. The molecule has 0 aliphatic carbocycles. The lowest BCUT2D eigenvalue weighted by molar-refractivity contribution is 0.0664. The summed E-state index contributed by atoms with van der Waals surface area (Å²) in [6.07, 6.45) is 6.46. The lowest BCUT2D eigenvalue weighted by Crippen LogP contribution is -2.47. The predicted octanol–water partition coefficient (Wildman–Crippen LogP) is 3.02. The monoisotopic (exact) mass is 344 g/mol. The molecule has 5 heteroatoms. The molecule has 138 valence electrons. The van der Waals surface area contributed by atoms with Crippen molar-refractivity contribution in [1.82, 2.24) is 14.8 Å². The van der Waals surface area contributed by atoms with Crippen molar-refractivity contribution in [3.63, 3.8) is 0 Å². The Kier molecular flexibility index (Phi) is 5.62. The molecule has 3 heterocycles. The summed E-state index contributed by atoms with van der Waals surface area (Å²) in [5.74, 6) is 1.09. The molecule has 2 atom stereocenters. The zero-order valence-electron chi connectivity index (χ0n) is 16.1. The van der Waals surface area contributed by atoms with Crippen LogP contribution in [0.3, 0.4) is 0 Å². The van der Waals surface area contributed by atoms with E-state index < -0.39 is 0 Å². The Labute approximate surface area is 152 Å². The number of amides is 1. The number of likely N-dealkylation sites (tertiary alicyclic amines) is 2. The first-order valence-electron chi connectivity index (χ1n) is 9.76. The first-order chi connectivity index (χ1) is 12.0. The van der Waals surface area contributed by atoms with Crippen molar-refractivity contribution in [3.8, 4) is 0 Å². The normalized spacial score (nSPS) is 24.3. The molecule has 5 nitrogen and oxygen atoms in total. The highest BCUT2D eigenvalue weighted by atomic mass is 16.2. The van der Waals surface area contributed by atoms with E-state index in [2.05, 4.69) is 47.5 Å². The van der Waals surface area contributed by atoms with Gasteiger partial charge in [0.05, 0.1) is 5.56 Å². The molecule has 3 rings (SSSR count). The van der Waals surface area contributed by atoms with Gasteiger partial charge in [0, 0.05) is 37.4 Å². The van der Waals surface area contributed by atoms with Crippen LogP contribution in [0.2, 0.25) is 0 Å². The molecule has 0 radical (unpaired) electrons. The maximum Gasteiger partial charge on any atom is 0.255 e. The van der Waals surface area contributed by atoms with Gasteiger partial charge in [-0.15, -0.1) is 0 Å². The fourth-order valence-electron chi connectivity index (χ4n) is 4.51. The zero-order valence-corrected chi connectivity index (χ0v) is 16.1. The molecule has 0 aromatic carbocycles. The maximum absolute atomic E-state index is 13.1. The quantitative estimate of drug-likeness (QED) is 0.823.